The fourth-order valence-corrected chi connectivity index (χ4v) is 4.69. The van der Waals surface area contributed by atoms with E-state index < -0.39 is 5.82 Å². The van der Waals surface area contributed by atoms with Gasteiger partial charge in [0.05, 0.1) is 6.54 Å². The molecule has 9 heteroatoms. The Balaban J connectivity index is 1.43. The van der Waals surface area contributed by atoms with E-state index in [4.69, 9.17) is 17.3 Å². The fourth-order valence-electron chi connectivity index (χ4n) is 4.58. The lowest BCUT2D eigenvalue weighted by Gasteiger charge is -2.31. The molecule has 2 fully saturated rings. The highest BCUT2D eigenvalue weighted by Crippen LogP contribution is 2.35. The van der Waals surface area contributed by atoms with Crippen molar-refractivity contribution in [3.8, 4) is 0 Å². The summed E-state index contributed by atoms with van der Waals surface area (Å²) in [5.41, 5.74) is 8.42. The van der Waals surface area contributed by atoms with Crippen LogP contribution < -0.4 is 16.0 Å². The number of benzene rings is 1. The SMILES string of the molecule is Cc1cc(CN(c2ncnc(NCC3CCN(CC(N)=O)CC3)c2F)C2CC2)cc(C)c1Cl. The summed E-state index contributed by atoms with van der Waals surface area (Å²) in [6.45, 7) is 7.14. The van der Waals surface area contributed by atoms with Gasteiger partial charge in [0.1, 0.15) is 6.33 Å². The van der Waals surface area contributed by atoms with Gasteiger partial charge in [-0.15, -0.1) is 0 Å². The van der Waals surface area contributed by atoms with Gasteiger partial charge in [-0.1, -0.05) is 23.7 Å². The summed E-state index contributed by atoms with van der Waals surface area (Å²) in [4.78, 5) is 23.7. The molecule has 1 amide bonds. The number of hydrogen-bond acceptors (Lipinski definition) is 6. The molecule has 3 N–H and O–H groups in total. The van der Waals surface area contributed by atoms with Crippen molar-refractivity contribution in [1.29, 1.82) is 0 Å². The maximum atomic E-state index is 15.5. The molecule has 0 atom stereocenters. The molecule has 1 aromatic heterocycles. The minimum Gasteiger partial charge on any atom is -0.369 e. The number of nitrogens with one attached hydrogen (secondary N) is 1. The van der Waals surface area contributed by atoms with E-state index in [0.29, 0.717) is 31.4 Å². The summed E-state index contributed by atoms with van der Waals surface area (Å²) in [6.07, 6.45) is 5.36. The predicted molar refractivity (Wildman–Crippen MR) is 129 cm³/mol. The van der Waals surface area contributed by atoms with Gasteiger partial charge in [0, 0.05) is 24.2 Å². The van der Waals surface area contributed by atoms with E-state index in [1.165, 1.54) is 6.33 Å². The van der Waals surface area contributed by atoms with Gasteiger partial charge in [0.2, 0.25) is 11.7 Å². The highest BCUT2D eigenvalue weighted by molar-refractivity contribution is 6.32. The average molecular weight is 475 g/mol. The minimum atomic E-state index is -0.405. The predicted octanol–water partition coefficient (Wildman–Crippen LogP) is 3.66. The molecule has 0 radical (unpaired) electrons. The lowest BCUT2D eigenvalue weighted by molar-refractivity contribution is -0.119. The first-order valence-electron chi connectivity index (χ1n) is 11.6. The zero-order valence-electron chi connectivity index (χ0n) is 19.3. The Bertz CT molecular complexity index is 983. The number of rotatable bonds is 9. The maximum absolute atomic E-state index is 15.5. The molecule has 0 spiro atoms. The van der Waals surface area contributed by atoms with Crippen LogP contribution in [0.15, 0.2) is 18.5 Å². The molecular weight excluding hydrogens is 443 g/mol. The number of nitrogens with zero attached hydrogens (tertiary/aromatic N) is 4. The van der Waals surface area contributed by atoms with Gasteiger partial charge in [0.25, 0.3) is 0 Å². The highest BCUT2D eigenvalue weighted by Gasteiger charge is 2.33. The molecule has 4 rings (SSSR count). The number of primary amides is 1. The Morgan fingerprint density at radius 1 is 1.21 bits per heavy atom. The fraction of sp³-hybridized carbons (Fsp3) is 0.542. The number of aromatic nitrogens is 2. The molecule has 1 saturated heterocycles. The average Bonchev–Trinajstić information content (AvgIpc) is 3.61. The van der Waals surface area contributed by atoms with Crippen molar-refractivity contribution >= 4 is 29.1 Å². The van der Waals surface area contributed by atoms with Crippen LogP contribution in [0.1, 0.15) is 42.4 Å². The lowest BCUT2D eigenvalue weighted by atomic mass is 9.97. The first-order valence-corrected chi connectivity index (χ1v) is 12.0. The summed E-state index contributed by atoms with van der Waals surface area (Å²) >= 11 is 6.33. The summed E-state index contributed by atoms with van der Waals surface area (Å²) in [7, 11) is 0. The molecule has 1 aromatic carbocycles. The number of carbonyl (C=O) groups is 1. The first-order chi connectivity index (χ1) is 15.8. The molecule has 0 bridgehead atoms. The number of piperidine rings is 1. The number of carbonyl (C=O) groups excluding carboxylic acids is 1. The summed E-state index contributed by atoms with van der Waals surface area (Å²) < 4.78 is 15.5. The maximum Gasteiger partial charge on any atom is 0.231 e. The third kappa shape index (κ3) is 5.92. The number of hydrogen-bond donors (Lipinski definition) is 2. The smallest absolute Gasteiger partial charge is 0.231 e. The van der Waals surface area contributed by atoms with E-state index in [2.05, 4.69) is 32.3 Å². The third-order valence-electron chi connectivity index (χ3n) is 6.52. The molecule has 178 valence electrons. The van der Waals surface area contributed by atoms with Crippen molar-refractivity contribution in [1.82, 2.24) is 14.9 Å². The Kier molecular flexibility index (Phi) is 7.34. The van der Waals surface area contributed by atoms with Crippen LogP contribution in [0, 0.1) is 25.6 Å². The van der Waals surface area contributed by atoms with Gasteiger partial charge in [-0.2, -0.15) is 4.39 Å². The van der Waals surface area contributed by atoms with Crippen molar-refractivity contribution in [2.75, 3.05) is 36.4 Å². The van der Waals surface area contributed by atoms with E-state index in [9.17, 15) is 4.79 Å². The van der Waals surface area contributed by atoms with Gasteiger partial charge in [-0.3, -0.25) is 9.69 Å². The topological polar surface area (TPSA) is 87.4 Å². The van der Waals surface area contributed by atoms with Gasteiger partial charge in [0.15, 0.2) is 11.6 Å². The van der Waals surface area contributed by atoms with Crippen LogP contribution in [-0.4, -0.2) is 53.0 Å². The van der Waals surface area contributed by atoms with E-state index in [1.807, 2.05) is 18.7 Å². The van der Waals surface area contributed by atoms with E-state index in [0.717, 1.165) is 60.5 Å². The van der Waals surface area contributed by atoms with Gasteiger partial charge >= 0.3 is 0 Å². The van der Waals surface area contributed by atoms with E-state index in [1.54, 1.807) is 0 Å². The second-order valence-electron chi connectivity index (χ2n) is 9.33. The largest absolute Gasteiger partial charge is 0.369 e. The lowest BCUT2D eigenvalue weighted by Crippen LogP contribution is -2.40. The van der Waals surface area contributed by atoms with Crippen LogP contribution in [0.25, 0.3) is 0 Å². The van der Waals surface area contributed by atoms with Crippen LogP contribution >= 0.6 is 11.6 Å². The zero-order valence-corrected chi connectivity index (χ0v) is 20.0. The number of amides is 1. The van der Waals surface area contributed by atoms with Gasteiger partial charge in [-0.25, -0.2) is 9.97 Å². The second-order valence-corrected chi connectivity index (χ2v) is 9.71. The monoisotopic (exact) mass is 474 g/mol. The van der Waals surface area contributed by atoms with Crippen molar-refractivity contribution in [2.45, 2.75) is 52.1 Å². The number of aryl methyl sites for hydroxylation is 2. The van der Waals surface area contributed by atoms with Gasteiger partial charge in [-0.05, 0) is 75.2 Å². The molecule has 1 aliphatic heterocycles. The molecule has 7 nitrogen and oxygen atoms in total. The molecule has 1 saturated carbocycles. The Morgan fingerprint density at radius 3 is 2.48 bits per heavy atom. The van der Waals surface area contributed by atoms with Crippen LogP contribution in [0.4, 0.5) is 16.0 Å². The van der Waals surface area contributed by atoms with Crippen LogP contribution in [-0.2, 0) is 11.3 Å². The normalized spacial score (nSPS) is 17.2. The van der Waals surface area contributed by atoms with Crippen molar-refractivity contribution in [2.24, 2.45) is 11.7 Å². The van der Waals surface area contributed by atoms with Crippen molar-refractivity contribution in [3.05, 3.63) is 46.0 Å². The second kappa shape index (κ2) is 10.2. The molecule has 2 aliphatic rings. The molecule has 0 unspecified atom stereocenters. The summed E-state index contributed by atoms with van der Waals surface area (Å²) in [5, 5.41) is 3.98. The Hall–Kier alpha value is -2.45. The number of likely N-dealkylation sites (tertiary alicyclic amines) is 1. The van der Waals surface area contributed by atoms with E-state index in [-0.39, 0.29) is 17.8 Å². The van der Waals surface area contributed by atoms with Crippen LogP contribution in [0.3, 0.4) is 0 Å². The quantitative estimate of drug-likeness (QED) is 0.576. The van der Waals surface area contributed by atoms with Crippen molar-refractivity contribution in [3.63, 3.8) is 0 Å². The van der Waals surface area contributed by atoms with Crippen LogP contribution in [0.2, 0.25) is 5.02 Å². The number of nitrogens with two attached hydrogens (primary N) is 1. The molecule has 33 heavy (non-hydrogen) atoms. The van der Waals surface area contributed by atoms with Gasteiger partial charge < -0.3 is 16.0 Å². The standard InChI is InChI=1S/C24H32ClFN6O/c1-15-9-18(10-16(2)21(15)25)12-32(19-3-4-19)24-22(26)23(29-14-30-24)28-11-17-5-7-31(8-6-17)13-20(27)33/h9-10,14,17,19H,3-8,11-13H2,1-2H3,(H2,27,33)(H,28,29,30). The molecule has 2 heterocycles. The third-order valence-corrected chi connectivity index (χ3v) is 7.12. The highest BCUT2D eigenvalue weighted by atomic mass is 35.5. The summed E-state index contributed by atoms with van der Waals surface area (Å²) in [6, 6.07) is 4.41. The minimum absolute atomic E-state index is 0.244. The first kappa shape index (κ1) is 23.7. The molecule has 2 aromatic rings. The van der Waals surface area contributed by atoms with E-state index >= 15 is 4.39 Å². The number of halogens is 2. The molecular formula is C24H32ClFN6O. The van der Waals surface area contributed by atoms with Crippen LogP contribution in [0.5, 0.6) is 0 Å². The number of anilines is 2. The molecule has 1 aliphatic carbocycles. The summed E-state index contributed by atoms with van der Waals surface area (Å²) in [5.74, 6) is 0.279. The van der Waals surface area contributed by atoms with Crippen molar-refractivity contribution < 1.29 is 9.18 Å². The Labute approximate surface area is 199 Å². The zero-order chi connectivity index (χ0) is 23.5. The Morgan fingerprint density at radius 2 is 1.88 bits per heavy atom.